The van der Waals surface area contributed by atoms with Crippen LogP contribution in [-0.4, -0.2) is 62.4 Å². The average molecular weight is 471 g/mol. The minimum atomic E-state index is -3.51. The predicted molar refractivity (Wildman–Crippen MR) is 118 cm³/mol. The fourth-order valence-electron chi connectivity index (χ4n) is 2.71. The van der Waals surface area contributed by atoms with Gasteiger partial charge in [-0.15, -0.1) is 0 Å². The standard InChI is InChI=1S/C18H30N7O6P/c1-10(2)31-17(28)12(4)24-32(29,23-11(3)13(5)26)9-30-7-6-25-8-20-14-15(25)21-18(19)22-16(14)27/h8,10-12H,6-7,9H2,1-5H3,(H2,23,24,29)(H3,19,21,22,27)/t11-,12-,32?/m0/s1. The van der Waals surface area contributed by atoms with E-state index in [9.17, 15) is 18.9 Å². The molecule has 0 aromatic carbocycles. The second kappa shape index (κ2) is 10.8. The number of imidazole rings is 1. The Hall–Kier alpha value is -2.60. The smallest absolute Gasteiger partial charge is 0.323 e. The Balaban J connectivity index is 2.05. The molecule has 0 radical (unpaired) electrons. The van der Waals surface area contributed by atoms with Crippen molar-refractivity contribution in [3.63, 3.8) is 0 Å². The Bertz CT molecular complexity index is 1070. The van der Waals surface area contributed by atoms with Crippen molar-refractivity contribution in [2.45, 2.75) is 59.4 Å². The number of aromatic nitrogens is 4. The van der Waals surface area contributed by atoms with Gasteiger partial charge in [0.15, 0.2) is 11.2 Å². The van der Waals surface area contributed by atoms with Crippen LogP contribution in [0.4, 0.5) is 5.95 Å². The lowest BCUT2D eigenvalue weighted by molar-refractivity contribution is -0.149. The molecule has 0 bridgehead atoms. The number of Topliss-reactive ketones (excluding diaryl/α,β-unsaturated/α-hetero) is 1. The van der Waals surface area contributed by atoms with E-state index < -0.39 is 31.1 Å². The zero-order chi connectivity index (χ0) is 24.1. The summed E-state index contributed by atoms with van der Waals surface area (Å²) in [6.45, 7) is 8.21. The molecule has 2 aromatic heterocycles. The third-order valence-corrected chi connectivity index (χ3v) is 6.52. The first-order valence-corrected chi connectivity index (χ1v) is 11.9. The first-order valence-electron chi connectivity index (χ1n) is 10.1. The number of esters is 1. The van der Waals surface area contributed by atoms with Crippen LogP contribution in [-0.2, 0) is 30.2 Å². The lowest BCUT2D eigenvalue weighted by Crippen LogP contribution is -2.42. The van der Waals surface area contributed by atoms with Crippen LogP contribution in [0.25, 0.3) is 11.2 Å². The number of anilines is 1. The highest BCUT2D eigenvalue weighted by atomic mass is 31.2. The fourth-order valence-corrected chi connectivity index (χ4v) is 4.85. The minimum absolute atomic E-state index is 0.0384. The number of nitrogens with one attached hydrogen (secondary N) is 3. The summed E-state index contributed by atoms with van der Waals surface area (Å²) in [5.41, 5.74) is 5.56. The molecule has 13 nitrogen and oxygen atoms in total. The second-order valence-corrected chi connectivity index (χ2v) is 9.89. The quantitative estimate of drug-likeness (QED) is 0.190. The molecule has 0 spiro atoms. The van der Waals surface area contributed by atoms with E-state index in [2.05, 4.69) is 25.1 Å². The normalized spacial score (nSPS) is 15.4. The van der Waals surface area contributed by atoms with Crippen LogP contribution in [0, 0.1) is 0 Å². The molecular formula is C18H30N7O6P. The highest BCUT2D eigenvalue weighted by Gasteiger charge is 2.31. The van der Waals surface area contributed by atoms with Gasteiger partial charge in [-0.2, -0.15) is 4.98 Å². The molecule has 178 valence electrons. The Morgan fingerprint density at radius 3 is 2.53 bits per heavy atom. The molecule has 14 heteroatoms. The number of nitrogens with two attached hydrogens (primary N) is 1. The topological polar surface area (TPSA) is 183 Å². The number of rotatable bonds is 12. The summed E-state index contributed by atoms with van der Waals surface area (Å²) in [4.78, 5) is 46.1. The summed E-state index contributed by atoms with van der Waals surface area (Å²) in [6.07, 6.45) is 0.798. The van der Waals surface area contributed by atoms with Crippen LogP contribution in [0.5, 0.6) is 0 Å². The molecule has 32 heavy (non-hydrogen) atoms. The van der Waals surface area contributed by atoms with E-state index in [-0.39, 0.29) is 42.9 Å². The molecule has 0 aliphatic carbocycles. The van der Waals surface area contributed by atoms with Crippen molar-refractivity contribution >= 4 is 36.3 Å². The largest absolute Gasteiger partial charge is 0.462 e. The van der Waals surface area contributed by atoms with Crippen molar-refractivity contribution in [1.29, 1.82) is 0 Å². The first kappa shape index (κ1) is 25.7. The van der Waals surface area contributed by atoms with Gasteiger partial charge in [-0.05, 0) is 34.6 Å². The number of hydrogen-bond acceptors (Lipinski definition) is 9. The zero-order valence-electron chi connectivity index (χ0n) is 18.7. The van der Waals surface area contributed by atoms with Gasteiger partial charge in [0.2, 0.25) is 13.4 Å². The van der Waals surface area contributed by atoms with Gasteiger partial charge >= 0.3 is 5.97 Å². The molecule has 0 aliphatic heterocycles. The van der Waals surface area contributed by atoms with Crippen LogP contribution < -0.4 is 21.5 Å². The number of hydrogen-bond donors (Lipinski definition) is 4. The molecule has 3 atom stereocenters. The van der Waals surface area contributed by atoms with Crippen molar-refractivity contribution in [2.75, 3.05) is 18.7 Å². The van der Waals surface area contributed by atoms with E-state index in [1.165, 1.54) is 20.2 Å². The maximum atomic E-state index is 13.4. The van der Waals surface area contributed by atoms with E-state index >= 15 is 0 Å². The molecule has 2 rings (SSSR count). The molecule has 2 heterocycles. The molecule has 5 N–H and O–H groups in total. The van der Waals surface area contributed by atoms with Crippen LogP contribution in [0.15, 0.2) is 11.1 Å². The third kappa shape index (κ3) is 6.95. The van der Waals surface area contributed by atoms with E-state index in [4.69, 9.17) is 15.2 Å². The fraction of sp³-hybridized carbons (Fsp3) is 0.611. The lowest BCUT2D eigenvalue weighted by Gasteiger charge is -2.26. The van der Waals surface area contributed by atoms with Crippen molar-refractivity contribution in [3.05, 3.63) is 16.7 Å². The number of nitrogens with zero attached hydrogens (tertiary/aromatic N) is 3. The number of carbonyl (C=O) groups excluding carboxylic acids is 2. The van der Waals surface area contributed by atoms with Crippen LogP contribution in [0.3, 0.4) is 0 Å². The summed E-state index contributed by atoms with van der Waals surface area (Å²) in [5, 5.41) is 5.46. The lowest BCUT2D eigenvalue weighted by atomic mass is 10.3. The molecule has 0 aliphatic rings. The van der Waals surface area contributed by atoms with E-state index in [0.29, 0.717) is 5.65 Å². The van der Waals surface area contributed by atoms with Gasteiger partial charge in [-0.3, -0.25) is 23.9 Å². The summed E-state index contributed by atoms with van der Waals surface area (Å²) in [7, 11) is -3.51. The number of nitrogen functional groups attached to an aromatic ring is 1. The molecule has 0 saturated heterocycles. The molecular weight excluding hydrogens is 441 g/mol. The Morgan fingerprint density at radius 2 is 1.91 bits per heavy atom. The maximum Gasteiger partial charge on any atom is 0.323 e. The van der Waals surface area contributed by atoms with Gasteiger partial charge in [-0.25, -0.2) is 15.2 Å². The second-order valence-electron chi connectivity index (χ2n) is 7.64. The highest BCUT2D eigenvalue weighted by molar-refractivity contribution is 7.59. The van der Waals surface area contributed by atoms with Gasteiger partial charge in [0.25, 0.3) is 5.56 Å². The highest BCUT2D eigenvalue weighted by Crippen LogP contribution is 2.37. The predicted octanol–water partition coefficient (Wildman–Crippen LogP) is 0.366. The van der Waals surface area contributed by atoms with Gasteiger partial charge in [0.1, 0.15) is 18.2 Å². The summed E-state index contributed by atoms with van der Waals surface area (Å²) in [5.74, 6) is -0.831. The molecule has 0 amide bonds. The number of ether oxygens (including phenoxy) is 2. The van der Waals surface area contributed by atoms with Crippen molar-refractivity contribution in [1.82, 2.24) is 29.7 Å². The van der Waals surface area contributed by atoms with Crippen molar-refractivity contribution in [3.8, 4) is 0 Å². The van der Waals surface area contributed by atoms with E-state index in [0.717, 1.165) is 0 Å². The summed E-state index contributed by atoms with van der Waals surface area (Å²) >= 11 is 0. The summed E-state index contributed by atoms with van der Waals surface area (Å²) < 4.78 is 25.7. The maximum absolute atomic E-state index is 13.4. The first-order chi connectivity index (χ1) is 14.9. The Morgan fingerprint density at radius 1 is 1.25 bits per heavy atom. The van der Waals surface area contributed by atoms with E-state index in [1.54, 1.807) is 25.3 Å². The van der Waals surface area contributed by atoms with Crippen LogP contribution in [0.1, 0.15) is 34.6 Å². The van der Waals surface area contributed by atoms with Crippen molar-refractivity contribution in [2.24, 2.45) is 0 Å². The number of aromatic amines is 1. The van der Waals surface area contributed by atoms with E-state index in [1.807, 2.05) is 0 Å². The number of carbonyl (C=O) groups is 2. The number of H-pyrrole nitrogens is 1. The van der Waals surface area contributed by atoms with Gasteiger partial charge < -0.3 is 19.8 Å². The Kier molecular flexibility index (Phi) is 8.67. The van der Waals surface area contributed by atoms with Crippen LogP contribution in [0.2, 0.25) is 0 Å². The van der Waals surface area contributed by atoms with Crippen LogP contribution >= 0.6 is 7.44 Å². The van der Waals surface area contributed by atoms with Crippen molar-refractivity contribution < 1.29 is 23.6 Å². The van der Waals surface area contributed by atoms with Gasteiger partial charge in [-0.1, -0.05) is 0 Å². The van der Waals surface area contributed by atoms with Gasteiger partial charge in [0, 0.05) is 6.54 Å². The number of ketones is 1. The molecule has 0 saturated carbocycles. The third-order valence-electron chi connectivity index (χ3n) is 4.36. The molecule has 2 aromatic rings. The Labute approximate surface area is 184 Å². The monoisotopic (exact) mass is 471 g/mol. The average Bonchev–Trinajstić information content (AvgIpc) is 3.07. The SMILES string of the molecule is CC(=O)[C@H](C)NP(=O)(COCCn1cnc2c(=O)[nH]c(N)nc21)N[C@@H](C)C(=O)OC(C)C. The van der Waals surface area contributed by atoms with Gasteiger partial charge in [0.05, 0.1) is 25.1 Å². The summed E-state index contributed by atoms with van der Waals surface area (Å²) in [6, 6.07) is -1.61. The minimum Gasteiger partial charge on any atom is -0.462 e. The zero-order valence-corrected chi connectivity index (χ0v) is 19.6. The molecule has 0 fully saturated rings. The number of fused-ring (bicyclic) bond motifs is 1. The molecule has 1 unspecified atom stereocenters.